The smallest absolute Gasteiger partial charge is 0.271 e. The Morgan fingerprint density at radius 2 is 1.62 bits per heavy atom. The molecule has 0 spiro atoms. The van der Waals surface area contributed by atoms with Gasteiger partial charge in [-0.3, -0.25) is 14.5 Å². The maximum absolute atomic E-state index is 14.3. The number of rotatable bonds is 10. The first-order chi connectivity index (χ1) is 23.2. The highest BCUT2D eigenvalue weighted by Gasteiger charge is 2.29. The lowest BCUT2D eigenvalue weighted by Crippen LogP contribution is -2.48. The molecule has 1 aliphatic carbocycles. The summed E-state index contributed by atoms with van der Waals surface area (Å²) < 4.78 is 1.96. The molecule has 6 rings (SSSR count). The van der Waals surface area contributed by atoms with Gasteiger partial charge in [0.15, 0.2) is 0 Å². The fourth-order valence-electron chi connectivity index (χ4n) is 7.14. The van der Waals surface area contributed by atoms with Crippen LogP contribution in [0.1, 0.15) is 73.9 Å². The van der Waals surface area contributed by atoms with E-state index in [0.29, 0.717) is 28.6 Å². The van der Waals surface area contributed by atoms with E-state index in [4.69, 9.17) is 5.73 Å². The first kappa shape index (κ1) is 33.0. The van der Waals surface area contributed by atoms with Crippen LogP contribution in [0.15, 0.2) is 54.6 Å². The highest BCUT2D eigenvalue weighted by Crippen LogP contribution is 2.35. The molecule has 2 fully saturated rings. The molecule has 1 aliphatic heterocycles. The number of nitrogens with one attached hydrogen (secondary N) is 1. The molecule has 4 aromatic rings. The molecular weight excluding hydrogens is 602 g/mol. The third-order valence-electron chi connectivity index (χ3n) is 9.76. The van der Waals surface area contributed by atoms with Crippen LogP contribution in [0.5, 0.6) is 0 Å². The van der Waals surface area contributed by atoms with Crippen LogP contribution in [-0.2, 0) is 11.3 Å². The Labute approximate surface area is 282 Å². The predicted octanol–water partition coefficient (Wildman–Crippen LogP) is 5.17. The van der Waals surface area contributed by atoms with Gasteiger partial charge in [0.1, 0.15) is 29.8 Å². The number of fused-ring (bicyclic) bond motifs is 1. The van der Waals surface area contributed by atoms with E-state index in [9.17, 15) is 14.9 Å². The number of carbonyl (C=O) groups is 2. The highest BCUT2D eigenvalue weighted by atomic mass is 16.2. The molecule has 11 heteroatoms. The number of anilines is 2. The highest BCUT2D eigenvalue weighted by molar-refractivity contribution is 6.02. The summed E-state index contributed by atoms with van der Waals surface area (Å²) in [6.07, 6.45) is 5.03. The summed E-state index contributed by atoms with van der Waals surface area (Å²) in [4.78, 5) is 41.9. The number of nitriles is 1. The summed E-state index contributed by atoms with van der Waals surface area (Å²) in [5, 5.41) is 13.3. The third-order valence-corrected chi connectivity index (χ3v) is 9.76. The SMILES string of the molecule is CNc1nc(C#N)nc2c1cc(C(=O)N(CC(N)=O)Cc1ccc(-c3ccc(N4CCN(C(C)C)CC4)cc3)cc1)n2C1CCCCC1. The molecule has 0 atom stereocenters. The van der Waals surface area contributed by atoms with Crippen LogP contribution < -0.4 is 16.0 Å². The molecule has 0 unspecified atom stereocenters. The fourth-order valence-corrected chi connectivity index (χ4v) is 7.14. The Balaban J connectivity index is 1.24. The number of primary amides is 1. The van der Waals surface area contributed by atoms with Gasteiger partial charge < -0.3 is 25.4 Å². The van der Waals surface area contributed by atoms with Gasteiger partial charge in [-0.05, 0) is 61.6 Å². The third kappa shape index (κ3) is 6.99. The summed E-state index contributed by atoms with van der Waals surface area (Å²) >= 11 is 0. The molecule has 0 radical (unpaired) electrons. The average Bonchev–Trinajstić information content (AvgIpc) is 3.51. The number of nitrogens with two attached hydrogens (primary N) is 1. The van der Waals surface area contributed by atoms with Gasteiger partial charge in [-0.1, -0.05) is 55.7 Å². The van der Waals surface area contributed by atoms with Gasteiger partial charge in [0.2, 0.25) is 11.7 Å². The molecule has 1 saturated carbocycles. The van der Waals surface area contributed by atoms with Gasteiger partial charge in [0.25, 0.3) is 5.91 Å². The van der Waals surface area contributed by atoms with Crippen LogP contribution in [0.4, 0.5) is 11.5 Å². The second kappa shape index (κ2) is 14.4. The molecule has 2 aromatic carbocycles. The van der Waals surface area contributed by atoms with E-state index in [1.807, 2.05) is 22.8 Å². The van der Waals surface area contributed by atoms with Crippen molar-refractivity contribution in [2.75, 3.05) is 50.0 Å². The Morgan fingerprint density at radius 1 is 0.979 bits per heavy atom. The van der Waals surface area contributed by atoms with Gasteiger partial charge in [0, 0.05) is 57.5 Å². The summed E-state index contributed by atoms with van der Waals surface area (Å²) in [5.74, 6) is -0.381. The number of amides is 2. The van der Waals surface area contributed by atoms with Crippen LogP contribution in [0.3, 0.4) is 0 Å². The fraction of sp³-hybridized carbons (Fsp3) is 0.432. The topological polar surface area (TPSA) is 136 Å². The van der Waals surface area contributed by atoms with Crippen LogP contribution in [0.25, 0.3) is 22.2 Å². The maximum atomic E-state index is 14.3. The quantitative estimate of drug-likeness (QED) is 0.241. The van der Waals surface area contributed by atoms with Crippen molar-refractivity contribution in [2.45, 2.75) is 64.6 Å². The minimum absolute atomic E-state index is 0.0363. The molecule has 2 aliphatic rings. The van der Waals surface area contributed by atoms with Crippen molar-refractivity contribution in [3.63, 3.8) is 0 Å². The lowest BCUT2D eigenvalue weighted by atomic mass is 9.95. The lowest BCUT2D eigenvalue weighted by molar-refractivity contribution is -0.118. The van der Waals surface area contributed by atoms with Gasteiger partial charge in [-0.2, -0.15) is 5.26 Å². The monoisotopic (exact) mass is 647 g/mol. The molecule has 3 heterocycles. The molecule has 0 bridgehead atoms. The molecule has 2 amide bonds. The van der Waals surface area contributed by atoms with Gasteiger partial charge in [-0.15, -0.1) is 0 Å². The Hall–Kier alpha value is -4.95. The normalized spacial score (nSPS) is 15.9. The van der Waals surface area contributed by atoms with Crippen molar-refractivity contribution in [3.05, 3.63) is 71.7 Å². The minimum Gasteiger partial charge on any atom is -0.372 e. The Kier molecular flexibility index (Phi) is 9.92. The number of benzene rings is 2. The predicted molar refractivity (Wildman–Crippen MR) is 189 cm³/mol. The Morgan fingerprint density at radius 3 is 2.21 bits per heavy atom. The standard InChI is InChI=1S/C37H45N9O2/c1-25(2)43-17-19-44(20-18-43)29-15-13-28(14-16-29)27-11-9-26(10-12-27)23-45(24-33(39)47)37(48)32-21-31-35(40-3)41-34(22-38)42-36(31)46(32)30-7-5-4-6-8-30/h9-16,21,25,30H,4-8,17-20,23-24H2,1-3H3,(H2,39,47)(H,40,41,42). The number of piperazine rings is 1. The summed E-state index contributed by atoms with van der Waals surface area (Å²) in [6.45, 7) is 8.69. The molecule has 11 nitrogen and oxygen atoms in total. The molecule has 48 heavy (non-hydrogen) atoms. The molecule has 250 valence electrons. The van der Waals surface area contributed by atoms with Crippen LogP contribution in [0.2, 0.25) is 0 Å². The van der Waals surface area contributed by atoms with E-state index in [2.05, 4.69) is 75.3 Å². The largest absolute Gasteiger partial charge is 0.372 e. The van der Waals surface area contributed by atoms with E-state index in [1.165, 1.54) is 10.6 Å². The lowest BCUT2D eigenvalue weighted by Gasteiger charge is -2.38. The minimum atomic E-state index is -0.589. The van der Waals surface area contributed by atoms with Gasteiger partial charge in [-0.25, -0.2) is 9.97 Å². The number of hydrogen-bond donors (Lipinski definition) is 2. The summed E-state index contributed by atoms with van der Waals surface area (Å²) in [6, 6.07) is 21.2. The van der Waals surface area contributed by atoms with Crippen LogP contribution in [0, 0.1) is 11.3 Å². The zero-order valence-electron chi connectivity index (χ0n) is 28.2. The number of carbonyl (C=O) groups excluding carboxylic acids is 2. The first-order valence-electron chi connectivity index (χ1n) is 17.0. The number of aromatic nitrogens is 3. The molecule has 3 N–H and O–H groups in total. The second-order valence-electron chi connectivity index (χ2n) is 13.2. The Bertz CT molecular complexity index is 1790. The van der Waals surface area contributed by atoms with E-state index in [-0.39, 0.29) is 30.9 Å². The van der Waals surface area contributed by atoms with E-state index in [0.717, 1.165) is 75.0 Å². The van der Waals surface area contributed by atoms with E-state index >= 15 is 0 Å². The average molecular weight is 648 g/mol. The van der Waals surface area contributed by atoms with Gasteiger partial charge in [0.05, 0.1) is 5.39 Å². The van der Waals surface area contributed by atoms with Gasteiger partial charge >= 0.3 is 0 Å². The summed E-state index contributed by atoms with van der Waals surface area (Å²) in [7, 11) is 1.73. The van der Waals surface area contributed by atoms with Crippen molar-refractivity contribution >= 4 is 34.4 Å². The van der Waals surface area contributed by atoms with Crippen molar-refractivity contribution in [1.82, 2.24) is 24.3 Å². The van der Waals surface area contributed by atoms with Crippen molar-refractivity contribution < 1.29 is 9.59 Å². The number of hydrogen-bond acceptors (Lipinski definition) is 8. The second-order valence-corrected chi connectivity index (χ2v) is 13.2. The maximum Gasteiger partial charge on any atom is 0.271 e. The molecule has 2 aromatic heterocycles. The summed E-state index contributed by atoms with van der Waals surface area (Å²) in [5.41, 5.74) is 11.0. The molecular formula is C37H45N9O2. The van der Waals surface area contributed by atoms with Crippen LogP contribution >= 0.6 is 0 Å². The van der Waals surface area contributed by atoms with E-state index in [1.54, 1.807) is 13.1 Å². The van der Waals surface area contributed by atoms with Crippen LogP contribution in [-0.4, -0.2) is 82.0 Å². The van der Waals surface area contributed by atoms with Crippen molar-refractivity contribution in [3.8, 4) is 17.2 Å². The molecule has 1 saturated heterocycles. The number of nitrogens with zero attached hydrogens (tertiary/aromatic N) is 7. The van der Waals surface area contributed by atoms with Crippen molar-refractivity contribution in [1.29, 1.82) is 5.26 Å². The van der Waals surface area contributed by atoms with Crippen molar-refractivity contribution in [2.24, 2.45) is 5.73 Å². The zero-order valence-corrected chi connectivity index (χ0v) is 28.2. The zero-order chi connectivity index (χ0) is 33.8. The first-order valence-corrected chi connectivity index (χ1v) is 17.0. The van der Waals surface area contributed by atoms with E-state index < -0.39 is 5.91 Å².